The molecule has 3 aromatic carbocycles. The number of H-pyrrole nitrogens is 2. The van der Waals surface area contributed by atoms with Crippen molar-refractivity contribution in [3.63, 3.8) is 0 Å². The molecule has 53 heavy (non-hydrogen) atoms. The lowest BCUT2D eigenvalue weighted by Gasteiger charge is -2.13. The molecule has 4 heterocycles. The van der Waals surface area contributed by atoms with E-state index in [1.807, 2.05) is 61.0 Å². The summed E-state index contributed by atoms with van der Waals surface area (Å²) in [4.78, 5) is 44.7. The fraction of sp³-hybridized carbons (Fsp3) is 0.289. The summed E-state index contributed by atoms with van der Waals surface area (Å²) in [5.41, 5.74) is 9.73. The van der Waals surface area contributed by atoms with Crippen LogP contribution in [0.5, 0.6) is 11.5 Å². The Balaban J connectivity index is 0.889. The zero-order valence-corrected chi connectivity index (χ0v) is 29.3. The number of aromatic nitrogens is 6. The van der Waals surface area contributed by atoms with Gasteiger partial charge in [-0.3, -0.25) is 14.6 Å². The lowest BCUT2D eigenvalue weighted by Crippen LogP contribution is -2.27. The number of aryl methyl sites for hydroxylation is 1. The Hall–Kier alpha value is -6.35. The Kier molecular flexibility index (Phi) is 9.74. The van der Waals surface area contributed by atoms with Crippen molar-refractivity contribution in [1.82, 2.24) is 34.6 Å². The number of phenolic OH excluding ortho intramolecular Hbond substituents is 2. The fourth-order valence-electron chi connectivity index (χ4n) is 6.82. The maximum Gasteiger partial charge on any atom is 0.348 e. The van der Waals surface area contributed by atoms with Gasteiger partial charge in [-0.1, -0.05) is 26.0 Å². The van der Waals surface area contributed by atoms with Gasteiger partial charge < -0.3 is 35.9 Å². The molecule has 15 heteroatoms. The number of anilines is 2. The van der Waals surface area contributed by atoms with E-state index in [1.165, 1.54) is 10.6 Å². The summed E-state index contributed by atoms with van der Waals surface area (Å²) in [5.74, 6) is 0.522. The minimum absolute atomic E-state index is 0.0113. The highest BCUT2D eigenvalue weighted by Gasteiger charge is 2.27. The number of hydrogen-bond donors (Lipinski definition) is 7. The van der Waals surface area contributed by atoms with Crippen LogP contribution in [0.4, 0.5) is 11.8 Å². The summed E-state index contributed by atoms with van der Waals surface area (Å²) in [5, 5.41) is 34.5. The van der Waals surface area contributed by atoms with Crippen molar-refractivity contribution >= 4 is 28.6 Å². The molecule has 1 aliphatic rings. The van der Waals surface area contributed by atoms with E-state index in [-0.39, 0.29) is 46.6 Å². The zero-order chi connectivity index (χ0) is 37.2. The molecule has 274 valence electrons. The number of carbonyl (C=O) groups is 1. The molecule has 1 atom stereocenters. The molecular weight excluding hydrogens is 678 g/mol. The van der Waals surface area contributed by atoms with Gasteiger partial charge in [0.05, 0.1) is 30.0 Å². The Bertz CT molecular complexity index is 2410. The minimum atomic E-state index is -0.459. The second-order valence-corrected chi connectivity index (χ2v) is 13.4. The number of aromatic hydroxyl groups is 2. The van der Waals surface area contributed by atoms with Crippen LogP contribution < -0.4 is 27.6 Å². The van der Waals surface area contributed by atoms with E-state index in [0.29, 0.717) is 66.6 Å². The van der Waals surface area contributed by atoms with Crippen molar-refractivity contribution in [3.8, 4) is 28.6 Å². The van der Waals surface area contributed by atoms with Crippen LogP contribution >= 0.6 is 0 Å². The molecule has 3 aromatic heterocycles. The van der Waals surface area contributed by atoms with Crippen LogP contribution in [0.2, 0.25) is 0 Å². The maximum absolute atomic E-state index is 12.9. The summed E-state index contributed by atoms with van der Waals surface area (Å²) >= 11 is 0. The first-order valence-electron chi connectivity index (χ1n) is 17.5. The van der Waals surface area contributed by atoms with E-state index >= 15 is 0 Å². The van der Waals surface area contributed by atoms with Gasteiger partial charge >= 0.3 is 5.69 Å². The first-order chi connectivity index (χ1) is 25.6. The number of nitrogens with zero attached hydrogens (tertiary/aromatic N) is 4. The van der Waals surface area contributed by atoms with E-state index in [9.17, 15) is 24.6 Å². The van der Waals surface area contributed by atoms with E-state index in [0.717, 1.165) is 29.3 Å². The average molecular weight is 720 g/mol. The smallest absolute Gasteiger partial charge is 0.348 e. The second-order valence-electron chi connectivity index (χ2n) is 13.4. The normalized spacial score (nSPS) is 13.8. The third-order valence-corrected chi connectivity index (χ3v) is 9.60. The number of aromatic amines is 2. The van der Waals surface area contributed by atoms with Crippen LogP contribution in [-0.4, -0.2) is 71.7 Å². The highest BCUT2D eigenvalue weighted by molar-refractivity contribution is 5.94. The quantitative estimate of drug-likeness (QED) is 0.0852. The van der Waals surface area contributed by atoms with Crippen LogP contribution in [0.3, 0.4) is 0 Å². The predicted molar refractivity (Wildman–Crippen MR) is 201 cm³/mol. The van der Waals surface area contributed by atoms with Crippen LogP contribution in [0.25, 0.3) is 28.0 Å². The predicted octanol–water partition coefficient (Wildman–Crippen LogP) is 3.97. The van der Waals surface area contributed by atoms with Crippen LogP contribution in [0, 0.1) is 0 Å². The lowest BCUT2D eigenvalue weighted by molar-refractivity contribution is 0.0909. The second kappa shape index (κ2) is 14.7. The third kappa shape index (κ3) is 7.23. The number of phenols is 2. The minimum Gasteiger partial charge on any atom is -0.508 e. The van der Waals surface area contributed by atoms with Gasteiger partial charge in [0.2, 0.25) is 5.95 Å². The number of hydrogen-bond acceptors (Lipinski definition) is 10. The van der Waals surface area contributed by atoms with Gasteiger partial charge in [-0.25, -0.2) is 14.5 Å². The van der Waals surface area contributed by atoms with E-state index < -0.39 is 5.69 Å². The number of amides is 1. The summed E-state index contributed by atoms with van der Waals surface area (Å²) in [6, 6.07) is 17.9. The van der Waals surface area contributed by atoms with Crippen LogP contribution in [0.15, 0.2) is 76.4 Å². The molecule has 1 amide bonds. The molecule has 0 saturated carbocycles. The molecule has 7 rings (SSSR count). The van der Waals surface area contributed by atoms with E-state index in [4.69, 9.17) is 10.5 Å². The first kappa shape index (κ1) is 35.1. The molecule has 0 aliphatic carbocycles. The maximum atomic E-state index is 12.9. The first-order valence-corrected chi connectivity index (χ1v) is 17.5. The van der Waals surface area contributed by atoms with Gasteiger partial charge in [-0.15, -0.1) is 0 Å². The van der Waals surface area contributed by atoms with Gasteiger partial charge in [0.25, 0.3) is 11.5 Å². The highest BCUT2D eigenvalue weighted by Crippen LogP contribution is 2.37. The Labute approximate surface area is 303 Å². The van der Waals surface area contributed by atoms with E-state index in [1.54, 1.807) is 18.2 Å². The van der Waals surface area contributed by atoms with Gasteiger partial charge in [0, 0.05) is 54.3 Å². The Morgan fingerprint density at radius 2 is 1.87 bits per heavy atom. The van der Waals surface area contributed by atoms with E-state index in [2.05, 4.69) is 30.8 Å². The molecule has 0 radical (unpaired) electrons. The summed E-state index contributed by atoms with van der Waals surface area (Å²) in [7, 11) is 0. The van der Waals surface area contributed by atoms with Crippen molar-refractivity contribution in [1.29, 1.82) is 0 Å². The monoisotopic (exact) mass is 719 g/mol. The van der Waals surface area contributed by atoms with Gasteiger partial charge in [-0.05, 0) is 72.4 Å². The topological polar surface area (TPSA) is 218 Å². The summed E-state index contributed by atoms with van der Waals surface area (Å²) < 4.78 is 9.26. The molecule has 0 saturated heterocycles. The number of carbonyl (C=O) groups excluding carboxylic acids is 1. The molecule has 0 bridgehead atoms. The fourth-order valence-corrected chi connectivity index (χ4v) is 6.82. The van der Waals surface area contributed by atoms with Gasteiger partial charge in [-0.2, -0.15) is 10.1 Å². The standard InChI is InChI=1S/C38H41N9O6/c1-21(2)27-18-28(31(49)19-30(27)48)34-44-45-38(52)47(34)26-9-10-29-24(17-26)11-13-46(29)14-16-53-15-12-40-35(50)23-6-3-22(4-7-23)5-8-25-20-41-33-32(25)36(51)43-37(39)42-33/h3-4,6-7,9-11,13,17-19,21,25,48-49H,5,8,12,14-16,20H2,1-2H3,(H,40,50)(H,45,52)(H4,39,41,42,43,51). The number of ether oxygens (including phenoxy) is 1. The van der Waals surface area contributed by atoms with Crippen molar-refractivity contribution in [2.24, 2.45) is 0 Å². The van der Waals surface area contributed by atoms with Crippen LogP contribution in [0.1, 0.15) is 59.2 Å². The Morgan fingerprint density at radius 3 is 2.66 bits per heavy atom. The zero-order valence-electron chi connectivity index (χ0n) is 29.3. The number of rotatable bonds is 13. The number of nitrogens with two attached hydrogens (primary N) is 1. The SMILES string of the molecule is CC(C)c1cc(-c2n[nH]c(=O)n2-c2ccc3c(ccn3CCOCCNC(=O)c3ccc(CCC4CNc5nc(N)[nH]c(=O)c54)cc3)c2)c(O)cc1O. The number of fused-ring (bicyclic) bond motifs is 2. The molecule has 8 N–H and O–H groups in total. The van der Waals surface area contributed by atoms with Crippen molar-refractivity contribution in [2.45, 2.75) is 45.1 Å². The summed E-state index contributed by atoms with van der Waals surface area (Å²) in [6.45, 7) is 6.19. The number of nitrogen functional groups attached to an aromatic ring is 1. The van der Waals surface area contributed by atoms with Crippen molar-refractivity contribution < 1.29 is 19.7 Å². The van der Waals surface area contributed by atoms with Gasteiger partial charge in [0.1, 0.15) is 17.3 Å². The summed E-state index contributed by atoms with van der Waals surface area (Å²) in [6.07, 6.45) is 3.46. The lowest BCUT2D eigenvalue weighted by atomic mass is 9.95. The van der Waals surface area contributed by atoms with Crippen LogP contribution in [-0.2, 0) is 17.7 Å². The molecular formula is C38H41N9O6. The third-order valence-electron chi connectivity index (χ3n) is 9.60. The molecule has 15 nitrogen and oxygen atoms in total. The molecule has 0 fully saturated rings. The average Bonchev–Trinajstić information content (AvgIpc) is 3.85. The highest BCUT2D eigenvalue weighted by atomic mass is 16.5. The van der Waals surface area contributed by atoms with Crippen molar-refractivity contribution in [3.05, 3.63) is 110 Å². The molecule has 1 aliphatic heterocycles. The number of nitrogens with one attached hydrogen (secondary N) is 4. The number of benzene rings is 3. The molecule has 1 unspecified atom stereocenters. The largest absolute Gasteiger partial charge is 0.508 e. The Morgan fingerprint density at radius 1 is 1.06 bits per heavy atom. The molecule has 0 spiro atoms. The van der Waals surface area contributed by atoms with Gasteiger partial charge in [0.15, 0.2) is 5.82 Å². The molecule has 6 aromatic rings. The van der Waals surface area contributed by atoms with Crippen molar-refractivity contribution in [2.75, 3.05) is 37.4 Å².